The molecule has 0 aromatic heterocycles. The monoisotopic (exact) mass is 263 g/mol. The molecule has 1 fully saturated rings. The number of rotatable bonds is 2. The van der Waals surface area contributed by atoms with Crippen molar-refractivity contribution in [3.63, 3.8) is 0 Å². The predicted molar refractivity (Wildman–Crippen MR) is 70.8 cm³/mol. The van der Waals surface area contributed by atoms with Crippen LogP contribution >= 0.6 is 0 Å². The zero-order valence-electron chi connectivity index (χ0n) is 10.5. The van der Waals surface area contributed by atoms with Crippen molar-refractivity contribution in [3.8, 4) is 0 Å². The van der Waals surface area contributed by atoms with Gasteiger partial charge in [-0.25, -0.2) is 13.8 Å². The number of piperidine rings is 1. The summed E-state index contributed by atoms with van der Waals surface area (Å²) in [7, 11) is 0. The number of aliphatic imine (C=N–C) groups is 2. The minimum atomic E-state index is -0.594. The lowest BCUT2D eigenvalue weighted by Crippen LogP contribution is -2.32. The largest absolute Gasteiger partial charge is 0.317 e. The molecule has 3 rings (SSSR count). The molecule has 1 N–H and O–H groups in total. The summed E-state index contributed by atoms with van der Waals surface area (Å²) < 4.78 is 26.4. The Balaban J connectivity index is 1.81. The third-order valence-electron chi connectivity index (χ3n) is 3.57. The molecule has 0 spiro atoms. The van der Waals surface area contributed by atoms with Crippen molar-refractivity contribution in [2.24, 2.45) is 15.9 Å². The summed E-state index contributed by atoms with van der Waals surface area (Å²) in [6.07, 6.45) is 2.11. The molecule has 2 aliphatic heterocycles. The second-order valence-corrected chi connectivity index (χ2v) is 4.93. The Hall–Kier alpha value is -1.62. The first-order valence-electron chi connectivity index (χ1n) is 6.51. The molecule has 1 aromatic carbocycles. The fraction of sp³-hybridized carbons (Fsp3) is 0.429. The molecule has 5 heteroatoms. The summed E-state index contributed by atoms with van der Waals surface area (Å²) in [5, 5.41) is 3.30. The van der Waals surface area contributed by atoms with E-state index in [1.165, 1.54) is 12.1 Å². The van der Waals surface area contributed by atoms with Crippen molar-refractivity contribution in [2.75, 3.05) is 19.6 Å². The van der Waals surface area contributed by atoms with Gasteiger partial charge in [0.25, 0.3) is 0 Å². The smallest absolute Gasteiger partial charge is 0.155 e. The first kappa shape index (κ1) is 12.4. The van der Waals surface area contributed by atoms with Crippen LogP contribution in [0.5, 0.6) is 0 Å². The Kier molecular flexibility index (Phi) is 3.38. The number of halogens is 2. The van der Waals surface area contributed by atoms with Crippen LogP contribution in [0, 0.1) is 17.6 Å². The van der Waals surface area contributed by atoms with Crippen LogP contribution in [0.15, 0.2) is 28.2 Å². The SMILES string of the molecule is Fc1cc(F)cc(C2=NCC(C3CCNCC3)=N2)c1. The number of hydrogen-bond acceptors (Lipinski definition) is 3. The van der Waals surface area contributed by atoms with Crippen LogP contribution in [0.25, 0.3) is 0 Å². The molecule has 0 atom stereocenters. The molecule has 0 bridgehead atoms. The van der Waals surface area contributed by atoms with E-state index in [0.29, 0.717) is 23.9 Å². The number of nitrogens with zero attached hydrogens (tertiary/aromatic N) is 2. The van der Waals surface area contributed by atoms with Crippen LogP contribution in [0.4, 0.5) is 8.78 Å². The molecule has 19 heavy (non-hydrogen) atoms. The van der Waals surface area contributed by atoms with Gasteiger partial charge in [-0.05, 0) is 38.1 Å². The van der Waals surface area contributed by atoms with Gasteiger partial charge in [-0.1, -0.05) is 0 Å². The van der Waals surface area contributed by atoms with Crippen LogP contribution in [-0.4, -0.2) is 31.2 Å². The van der Waals surface area contributed by atoms with Gasteiger partial charge in [0.05, 0.1) is 6.54 Å². The molecule has 1 aromatic rings. The number of amidine groups is 1. The van der Waals surface area contributed by atoms with Crippen molar-refractivity contribution < 1.29 is 8.78 Å². The number of benzene rings is 1. The molecular weight excluding hydrogens is 248 g/mol. The Morgan fingerprint density at radius 1 is 1.05 bits per heavy atom. The van der Waals surface area contributed by atoms with E-state index < -0.39 is 11.6 Å². The van der Waals surface area contributed by atoms with E-state index >= 15 is 0 Å². The molecule has 0 saturated carbocycles. The maximum atomic E-state index is 13.2. The van der Waals surface area contributed by atoms with Crippen molar-refractivity contribution in [2.45, 2.75) is 12.8 Å². The minimum Gasteiger partial charge on any atom is -0.317 e. The van der Waals surface area contributed by atoms with Crippen molar-refractivity contribution in [1.29, 1.82) is 0 Å². The summed E-state index contributed by atoms with van der Waals surface area (Å²) in [5.41, 5.74) is 1.46. The lowest BCUT2D eigenvalue weighted by atomic mass is 9.93. The lowest BCUT2D eigenvalue weighted by molar-refractivity contribution is 0.455. The topological polar surface area (TPSA) is 36.8 Å². The zero-order valence-corrected chi connectivity index (χ0v) is 10.5. The molecule has 1 saturated heterocycles. The van der Waals surface area contributed by atoms with E-state index in [9.17, 15) is 8.78 Å². The quantitative estimate of drug-likeness (QED) is 0.872. The molecular formula is C14H15F2N3. The van der Waals surface area contributed by atoms with Gasteiger partial charge >= 0.3 is 0 Å². The summed E-state index contributed by atoms with van der Waals surface area (Å²) in [4.78, 5) is 8.77. The van der Waals surface area contributed by atoms with E-state index in [1.807, 2.05) is 0 Å². The Morgan fingerprint density at radius 2 is 1.74 bits per heavy atom. The van der Waals surface area contributed by atoms with Gasteiger partial charge in [0.2, 0.25) is 0 Å². The van der Waals surface area contributed by atoms with Crippen molar-refractivity contribution in [3.05, 3.63) is 35.4 Å². The third-order valence-corrected chi connectivity index (χ3v) is 3.57. The lowest BCUT2D eigenvalue weighted by Gasteiger charge is -2.22. The Bertz CT molecular complexity index is 525. The molecule has 0 aliphatic carbocycles. The fourth-order valence-electron chi connectivity index (χ4n) is 2.58. The van der Waals surface area contributed by atoms with Crippen molar-refractivity contribution >= 4 is 11.5 Å². The average molecular weight is 263 g/mol. The van der Waals surface area contributed by atoms with E-state index in [2.05, 4.69) is 15.3 Å². The Morgan fingerprint density at radius 3 is 2.42 bits per heavy atom. The molecule has 0 amide bonds. The van der Waals surface area contributed by atoms with Gasteiger partial charge in [-0.15, -0.1) is 0 Å². The van der Waals surface area contributed by atoms with E-state index in [1.54, 1.807) is 0 Å². The molecule has 2 aliphatic rings. The predicted octanol–water partition coefficient (Wildman–Crippen LogP) is 2.17. The van der Waals surface area contributed by atoms with Gasteiger partial charge in [-0.3, -0.25) is 4.99 Å². The fourth-order valence-corrected chi connectivity index (χ4v) is 2.58. The van der Waals surface area contributed by atoms with Crippen LogP contribution in [0.2, 0.25) is 0 Å². The number of nitrogens with one attached hydrogen (secondary N) is 1. The standard InChI is InChI=1S/C14H15F2N3/c15-11-5-10(6-12(16)7-11)14-18-8-13(19-14)9-1-3-17-4-2-9/h5-7,9,17H,1-4,8H2. The normalized spacial score (nSPS) is 20.3. The van der Waals surface area contributed by atoms with Gasteiger partial charge in [0.1, 0.15) is 11.6 Å². The Labute approximate surface area is 110 Å². The highest BCUT2D eigenvalue weighted by atomic mass is 19.1. The van der Waals surface area contributed by atoms with Crippen LogP contribution in [0.1, 0.15) is 18.4 Å². The summed E-state index contributed by atoms with van der Waals surface area (Å²) in [5.74, 6) is -0.292. The number of hydrogen-bond donors (Lipinski definition) is 1. The second kappa shape index (κ2) is 5.17. The molecule has 0 unspecified atom stereocenters. The average Bonchev–Trinajstić information content (AvgIpc) is 2.88. The summed E-state index contributed by atoms with van der Waals surface area (Å²) in [6, 6.07) is 3.41. The molecule has 2 heterocycles. The highest BCUT2D eigenvalue weighted by Gasteiger charge is 2.23. The van der Waals surface area contributed by atoms with Gasteiger partial charge < -0.3 is 5.32 Å². The summed E-state index contributed by atoms with van der Waals surface area (Å²) in [6.45, 7) is 2.54. The maximum Gasteiger partial charge on any atom is 0.155 e. The van der Waals surface area contributed by atoms with E-state index in [4.69, 9.17) is 0 Å². The molecule has 3 nitrogen and oxygen atoms in total. The van der Waals surface area contributed by atoms with Gasteiger partial charge in [0, 0.05) is 23.3 Å². The first-order valence-corrected chi connectivity index (χ1v) is 6.51. The van der Waals surface area contributed by atoms with Gasteiger partial charge in [0.15, 0.2) is 5.84 Å². The van der Waals surface area contributed by atoms with E-state index in [0.717, 1.165) is 37.7 Å². The highest BCUT2D eigenvalue weighted by molar-refractivity contribution is 6.12. The molecule has 100 valence electrons. The first-order chi connectivity index (χ1) is 9.22. The maximum absolute atomic E-state index is 13.2. The van der Waals surface area contributed by atoms with Gasteiger partial charge in [-0.2, -0.15) is 0 Å². The zero-order chi connectivity index (χ0) is 13.2. The van der Waals surface area contributed by atoms with E-state index in [-0.39, 0.29) is 0 Å². The second-order valence-electron chi connectivity index (χ2n) is 4.93. The van der Waals surface area contributed by atoms with Crippen molar-refractivity contribution in [1.82, 2.24) is 5.32 Å². The van der Waals surface area contributed by atoms with Crippen LogP contribution in [-0.2, 0) is 0 Å². The van der Waals surface area contributed by atoms with Crippen LogP contribution in [0.3, 0.4) is 0 Å². The molecule has 0 radical (unpaired) electrons. The minimum absolute atomic E-state index is 0.418. The highest BCUT2D eigenvalue weighted by Crippen LogP contribution is 2.19. The van der Waals surface area contributed by atoms with Crippen LogP contribution < -0.4 is 5.32 Å². The third kappa shape index (κ3) is 2.71. The summed E-state index contributed by atoms with van der Waals surface area (Å²) >= 11 is 0.